The first kappa shape index (κ1) is 50.3. The summed E-state index contributed by atoms with van der Waals surface area (Å²) in [6, 6.07) is 0.538. The molecule has 0 heterocycles. The molecular weight excluding hydrogens is 631 g/mol. The number of nitrogens with two attached hydrogens (primary N) is 1. The third kappa shape index (κ3) is 34.1. The number of hydrogen-bond acceptors (Lipinski definition) is 3. The van der Waals surface area contributed by atoms with Gasteiger partial charge in [-0.1, -0.05) is 166 Å². The maximum Gasteiger partial charge on any atom is 0.0256 e. The van der Waals surface area contributed by atoms with E-state index in [1.807, 2.05) is 0 Å². The topological polar surface area (TPSA) is 41.3 Å². The molecule has 0 aromatic rings. The monoisotopic (exact) mass is 724 g/mol. The van der Waals surface area contributed by atoms with Crippen molar-refractivity contribution in [1.82, 2.24) is 10.2 Å². The third-order valence-corrected chi connectivity index (χ3v) is 10.8. The molecule has 0 spiro atoms. The molecule has 0 saturated heterocycles. The smallest absolute Gasteiger partial charge is 0.0256 e. The molecule has 0 aromatic heterocycles. The number of unbranched alkanes of at least 4 members (excludes halogenated alkanes) is 18. The average Bonchev–Trinajstić information content (AvgIpc) is 3.09. The highest BCUT2D eigenvalue weighted by molar-refractivity contribution is 5.01. The van der Waals surface area contributed by atoms with Crippen molar-refractivity contribution in [3.05, 3.63) is 60.5 Å². The second-order valence-corrected chi connectivity index (χ2v) is 17.6. The van der Waals surface area contributed by atoms with E-state index in [0.717, 1.165) is 31.4 Å². The van der Waals surface area contributed by atoms with Crippen LogP contribution in [0, 0.1) is 5.41 Å². The van der Waals surface area contributed by atoms with Gasteiger partial charge in [-0.3, -0.25) is 0 Å². The summed E-state index contributed by atoms with van der Waals surface area (Å²) in [5.74, 6) is 0. The van der Waals surface area contributed by atoms with Gasteiger partial charge in [0.1, 0.15) is 0 Å². The Morgan fingerprint density at radius 3 is 1.29 bits per heavy atom. The van der Waals surface area contributed by atoms with Gasteiger partial charge in [-0.2, -0.15) is 0 Å². The molecule has 3 heteroatoms. The number of rotatable bonds is 37. The lowest BCUT2D eigenvalue weighted by atomic mass is 9.76. The summed E-state index contributed by atoms with van der Waals surface area (Å²) >= 11 is 0. The highest BCUT2D eigenvalue weighted by atomic mass is 15.1. The molecule has 52 heavy (non-hydrogen) atoms. The molecular formula is C49H93N3. The summed E-state index contributed by atoms with van der Waals surface area (Å²) in [6.07, 6.45) is 57.0. The quantitative estimate of drug-likeness (QED) is 0.0495. The van der Waals surface area contributed by atoms with E-state index in [1.54, 1.807) is 0 Å². The van der Waals surface area contributed by atoms with Crippen LogP contribution in [0.5, 0.6) is 0 Å². The molecule has 0 fully saturated rings. The van der Waals surface area contributed by atoms with Gasteiger partial charge in [0.05, 0.1) is 0 Å². The first-order valence-corrected chi connectivity index (χ1v) is 22.5. The Bertz CT molecular complexity index is 871. The van der Waals surface area contributed by atoms with Crippen LogP contribution in [0.4, 0.5) is 0 Å². The average molecular weight is 724 g/mol. The minimum atomic E-state index is 0.156. The van der Waals surface area contributed by atoms with Crippen molar-refractivity contribution in [3.8, 4) is 0 Å². The SMILES string of the molecule is CCCCC/C=C\C/C=C\CCCCCCCCC(CCCCCCCC/C=C\C/C=C\CCCCC)N/C=C(\N)CC(C)(C)CC(C)(C)N(C)C. The molecule has 0 radical (unpaired) electrons. The third-order valence-electron chi connectivity index (χ3n) is 10.8. The minimum absolute atomic E-state index is 0.156. The Balaban J connectivity index is 4.49. The molecule has 3 nitrogen and oxygen atoms in total. The molecule has 0 aromatic carbocycles. The Kier molecular flexibility index (Phi) is 33.8. The molecule has 0 rings (SSSR count). The van der Waals surface area contributed by atoms with E-state index < -0.39 is 0 Å². The summed E-state index contributed by atoms with van der Waals surface area (Å²) in [6.45, 7) is 13.9. The fourth-order valence-electron chi connectivity index (χ4n) is 7.29. The molecule has 0 aliphatic heterocycles. The van der Waals surface area contributed by atoms with Crippen LogP contribution in [0.1, 0.15) is 221 Å². The highest BCUT2D eigenvalue weighted by Gasteiger charge is 2.30. The van der Waals surface area contributed by atoms with Gasteiger partial charge in [-0.25, -0.2) is 0 Å². The molecule has 0 aliphatic rings. The molecule has 0 atom stereocenters. The number of nitrogens with zero attached hydrogens (tertiary/aromatic N) is 1. The Morgan fingerprint density at radius 1 is 0.538 bits per heavy atom. The van der Waals surface area contributed by atoms with Crippen molar-refractivity contribution in [2.45, 2.75) is 233 Å². The first-order valence-electron chi connectivity index (χ1n) is 22.5. The van der Waals surface area contributed by atoms with E-state index in [-0.39, 0.29) is 11.0 Å². The summed E-state index contributed by atoms with van der Waals surface area (Å²) < 4.78 is 0. The number of nitrogens with one attached hydrogen (secondary N) is 1. The van der Waals surface area contributed by atoms with Gasteiger partial charge in [0.25, 0.3) is 0 Å². The predicted molar refractivity (Wildman–Crippen MR) is 238 cm³/mol. The van der Waals surface area contributed by atoms with Gasteiger partial charge in [0.2, 0.25) is 0 Å². The van der Waals surface area contributed by atoms with Gasteiger partial charge in [0.15, 0.2) is 0 Å². The van der Waals surface area contributed by atoms with Crippen LogP contribution in [0.3, 0.4) is 0 Å². The van der Waals surface area contributed by atoms with Crippen molar-refractivity contribution in [2.75, 3.05) is 14.1 Å². The zero-order chi connectivity index (χ0) is 38.6. The second-order valence-electron chi connectivity index (χ2n) is 17.6. The van der Waals surface area contributed by atoms with Crippen molar-refractivity contribution >= 4 is 0 Å². The van der Waals surface area contributed by atoms with Gasteiger partial charge in [-0.05, 0) is 123 Å². The van der Waals surface area contributed by atoms with E-state index >= 15 is 0 Å². The molecule has 0 unspecified atom stereocenters. The van der Waals surface area contributed by atoms with Gasteiger partial charge in [0, 0.05) is 23.5 Å². The van der Waals surface area contributed by atoms with Crippen LogP contribution >= 0.6 is 0 Å². The zero-order valence-electron chi connectivity index (χ0n) is 36.6. The van der Waals surface area contributed by atoms with Gasteiger partial charge >= 0.3 is 0 Å². The molecule has 3 N–H and O–H groups in total. The molecule has 0 amide bonds. The van der Waals surface area contributed by atoms with E-state index in [0.29, 0.717) is 6.04 Å². The Hall–Kier alpha value is -1.74. The van der Waals surface area contributed by atoms with Crippen molar-refractivity contribution in [2.24, 2.45) is 11.1 Å². The highest BCUT2D eigenvalue weighted by Crippen LogP contribution is 2.35. The van der Waals surface area contributed by atoms with Crippen LogP contribution in [0.15, 0.2) is 60.5 Å². The molecule has 0 bridgehead atoms. The second kappa shape index (κ2) is 35.0. The van der Waals surface area contributed by atoms with Crippen LogP contribution in [-0.4, -0.2) is 30.6 Å². The molecule has 0 aliphatic carbocycles. The predicted octanol–water partition coefficient (Wildman–Crippen LogP) is 15.3. The summed E-state index contributed by atoms with van der Waals surface area (Å²) in [5.41, 5.74) is 7.97. The Labute approximate surface area is 327 Å². The zero-order valence-corrected chi connectivity index (χ0v) is 36.6. The largest absolute Gasteiger partial charge is 0.401 e. The van der Waals surface area contributed by atoms with Crippen LogP contribution in [0.25, 0.3) is 0 Å². The molecule has 304 valence electrons. The lowest BCUT2D eigenvalue weighted by Gasteiger charge is -2.40. The van der Waals surface area contributed by atoms with Crippen molar-refractivity contribution in [3.63, 3.8) is 0 Å². The van der Waals surface area contributed by atoms with Crippen molar-refractivity contribution in [1.29, 1.82) is 0 Å². The van der Waals surface area contributed by atoms with Gasteiger partial charge in [-0.15, -0.1) is 0 Å². The summed E-state index contributed by atoms with van der Waals surface area (Å²) in [7, 11) is 4.37. The first-order chi connectivity index (χ1) is 25.0. The fourth-order valence-corrected chi connectivity index (χ4v) is 7.29. The van der Waals surface area contributed by atoms with Gasteiger partial charge < -0.3 is 16.0 Å². The minimum Gasteiger partial charge on any atom is -0.401 e. The van der Waals surface area contributed by atoms with E-state index in [2.05, 4.69) is 121 Å². The lowest BCUT2D eigenvalue weighted by molar-refractivity contribution is 0.120. The van der Waals surface area contributed by atoms with Crippen molar-refractivity contribution < 1.29 is 0 Å². The number of hydrogen-bond donors (Lipinski definition) is 2. The van der Waals surface area contributed by atoms with Crippen LogP contribution in [-0.2, 0) is 0 Å². The van der Waals surface area contributed by atoms with E-state index in [1.165, 1.54) is 154 Å². The standard InChI is InChI=1S/C49H93N3/c1-9-11-13-15-17-19-21-23-25-27-29-31-33-35-37-39-41-47(51-44-46(50)43-48(3,4)45-49(5,6)52(7)8)42-40-38-36-34-32-30-28-26-24-22-20-18-16-14-12-10-2/h17-20,23-26,44,47,51H,9-16,21-22,27-43,45,50H2,1-8H3/b19-17-,20-18-,25-23-,26-24-,46-44-. The maximum atomic E-state index is 6.65. The summed E-state index contributed by atoms with van der Waals surface area (Å²) in [5, 5.41) is 3.81. The lowest BCUT2D eigenvalue weighted by Crippen LogP contribution is -2.42. The van der Waals surface area contributed by atoms with Crippen LogP contribution < -0.4 is 11.1 Å². The molecule has 0 saturated carbocycles. The van der Waals surface area contributed by atoms with E-state index in [4.69, 9.17) is 5.73 Å². The normalized spacial score (nSPS) is 13.5. The van der Waals surface area contributed by atoms with Crippen LogP contribution in [0.2, 0.25) is 0 Å². The Morgan fingerprint density at radius 2 is 0.904 bits per heavy atom. The summed E-state index contributed by atoms with van der Waals surface area (Å²) in [4.78, 5) is 2.34. The maximum absolute atomic E-state index is 6.65. The van der Waals surface area contributed by atoms with E-state index in [9.17, 15) is 0 Å². The fraction of sp³-hybridized carbons (Fsp3) is 0.796. The number of allylic oxidation sites excluding steroid dienone is 9.